The standard InChI is InChI=1S/C15H21N3O3/c1-11(2)13(19)18-8-3-5-15(18)6-9-17(10-15)14(20)12-4-7-16-21-12/h4,7,11H,3,5-6,8-10H2,1-2H3. The minimum atomic E-state index is -0.170. The molecule has 0 aromatic carbocycles. The van der Waals surface area contributed by atoms with E-state index in [2.05, 4.69) is 5.16 Å². The lowest BCUT2D eigenvalue weighted by Gasteiger charge is -2.36. The van der Waals surface area contributed by atoms with Gasteiger partial charge < -0.3 is 14.3 Å². The van der Waals surface area contributed by atoms with Crippen LogP contribution in [0.15, 0.2) is 16.8 Å². The van der Waals surface area contributed by atoms with E-state index in [0.717, 1.165) is 25.8 Å². The summed E-state index contributed by atoms with van der Waals surface area (Å²) in [7, 11) is 0. The molecule has 0 radical (unpaired) electrons. The molecule has 2 aliphatic rings. The van der Waals surface area contributed by atoms with E-state index < -0.39 is 0 Å². The Bertz CT molecular complexity index is 540. The second-order valence-corrected chi connectivity index (χ2v) is 6.33. The predicted octanol–water partition coefficient (Wildman–Crippen LogP) is 1.54. The Kier molecular flexibility index (Phi) is 3.47. The number of nitrogens with zero attached hydrogens (tertiary/aromatic N) is 3. The summed E-state index contributed by atoms with van der Waals surface area (Å²) >= 11 is 0. The van der Waals surface area contributed by atoms with Crippen LogP contribution >= 0.6 is 0 Å². The van der Waals surface area contributed by atoms with E-state index in [9.17, 15) is 9.59 Å². The smallest absolute Gasteiger partial charge is 0.292 e. The molecule has 2 fully saturated rings. The first-order valence-corrected chi connectivity index (χ1v) is 7.55. The van der Waals surface area contributed by atoms with E-state index >= 15 is 0 Å². The number of aromatic nitrogens is 1. The largest absolute Gasteiger partial charge is 0.351 e. The summed E-state index contributed by atoms with van der Waals surface area (Å²) in [5, 5.41) is 3.58. The van der Waals surface area contributed by atoms with Gasteiger partial charge in [-0.3, -0.25) is 9.59 Å². The zero-order chi connectivity index (χ0) is 15.0. The number of hydrogen-bond acceptors (Lipinski definition) is 4. The summed E-state index contributed by atoms with van der Waals surface area (Å²) in [6, 6.07) is 1.58. The van der Waals surface area contributed by atoms with Crippen LogP contribution in [0.5, 0.6) is 0 Å². The maximum Gasteiger partial charge on any atom is 0.292 e. The number of amides is 2. The molecule has 1 aromatic heterocycles. The third-order valence-corrected chi connectivity index (χ3v) is 4.62. The Balaban J connectivity index is 1.76. The van der Waals surface area contributed by atoms with E-state index in [1.165, 1.54) is 6.20 Å². The molecule has 1 aromatic rings. The first kappa shape index (κ1) is 14.1. The van der Waals surface area contributed by atoms with Crippen LogP contribution < -0.4 is 0 Å². The lowest BCUT2D eigenvalue weighted by Crippen LogP contribution is -2.51. The SMILES string of the molecule is CC(C)C(=O)N1CCCC12CCN(C(=O)c1ccno1)C2. The third kappa shape index (κ3) is 2.32. The minimum Gasteiger partial charge on any atom is -0.351 e. The normalized spacial score (nSPS) is 25.3. The highest BCUT2D eigenvalue weighted by Gasteiger charge is 2.49. The van der Waals surface area contributed by atoms with Gasteiger partial charge in [-0.25, -0.2) is 0 Å². The Morgan fingerprint density at radius 3 is 2.81 bits per heavy atom. The molecule has 0 saturated carbocycles. The van der Waals surface area contributed by atoms with Gasteiger partial charge in [-0.15, -0.1) is 0 Å². The average molecular weight is 291 g/mol. The molecule has 1 unspecified atom stereocenters. The highest BCUT2D eigenvalue weighted by Crippen LogP contribution is 2.38. The number of rotatable bonds is 2. The maximum absolute atomic E-state index is 12.4. The monoisotopic (exact) mass is 291 g/mol. The number of likely N-dealkylation sites (tertiary alicyclic amines) is 2. The Labute approximate surface area is 124 Å². The second kappa shape index (κ2) is 5.16. The van der Waals surface area contributed by atoms with Crippen LogP contribution in [0.4, 0.5) is 0 Å². The van der Waals surface area contributed by atoms with Crippen LogP contribution in [-0.4, -0.2) is 51.9 Å². The van der Waals surface area contributed by atoms with Crippen molar-refractivity contribution in [1.82, 2.24) is 15.0 Å². The van der Waals surface area contributed by atoms with Crippen LogP contribution in [0.1, 0.15) is 43.7 Å². The molecule has 0 aliphatic carbocycles. The lowest BCUT2D eigenvalue weighted by molar-refractivity contribution is -0.138. The van der Waals surface area contributed by atoms with Crippen molar-refractivity contribution in [1.29, 1.82) is 0 Å². The average Bonchev–Trinajstić information content (AvgIpc) is 3.19. The number of carbonyl (C=O) groups excluding carboxylic acids is 2. The van der Waals surface area contributed by atoms with E-state index in [-0.39, 0.29) is 29.0 Å². The van der Waals surface area contributed by atoms with Crippen LogP contribution in [-0.2, 0) is 4.79 Å². The second-order valence-electron chi connectivity index (χ2n) is 6.33. The molecule has 0 N–H and O–H groups in total. The summed E-state index contributed by atoms with van der Waals surface area (Å²) < 4.78 is 4.95. The van der Waals surface area contributed by atoms with Gasteiger partial charge in [-0.05, 0) is 19.3 Å². The van der Waals surface area contributed by atoms with Crippen molar-refractivity contribution in [3.63, 3.8) is 0 Å². The van der Waals surface area contributed by atoms with Crippen molar-refractivity contribution in [3.05, 3.63) is 18.0 Å². The van der Waals surface area contributed by atoms with Crippen LogP contribution in [0, 0.1) is 5.92 Å². The molecule has 6 nitrogen and oxygen atoms in total. The predicted molar refractivity (Wildman–Crippen MR) is 75.5 cm³/mol. The summed E-state index contributed by atoms with van der Waals surface area (Å²) in [4.78, 5) is 28.5. The highest BCUT2D eigenvalue weighted by molar-refractivity contribution is 5.91. The molecule has 2 saturated heterocycles. The first-order chi connectivity index (χ1) is 10.0. The third-order valence-electron chi connectivity index (χ3n) is 4.62. The molecule has 2 amide bonds. The Hall–Kier alpha value is -1.85. The van der Waals surface area contributed by atoms with Crippen molar-refractivity contribution in [3.8, 4) is 0 Å². The minimum absolute atomic E-state index is 0.000926. The first-order valence-electron chi connectivity index (χ1n) is 7.55. The zero-order valence-electron chi connectivity index (χ0n) is 12.5. The molecule has 1 spiro atoms. The molecule has 1 atom stereocenters. The van der Waals surface area contributed by atoms with Crippen LogP contribution in [0.25, 0.3) is 0 Å². The number of carbonyl (C=O) groups is 2. The Morgan fingerprint density at radius 2 is 2.14 bits per heavy atom. The van der Waals surface area contributed by atoms with E-state index in [0.29, 0.717) is 13.1 Å². The van der Waals surface area contributed by atoms with Crippen molar-refractivity contribution in [2.24, 2.45) is 5.92 Å². The maximum atomic E-state index is 12.4. The highest BCUT2D eigenvalue weighted by atomic mass is 16.5. The summed E-state index contributed by atoms with van der Waals surface area (Å²) in [5.74, 6) is 0.334. The molecular formula is C15H21N3O3. The van der Waals surface area contributed by atoms with Gasteiger partial charge in [0.05, 0.1) is 11.7 Å². The molecule has 21 heavy (non-hydrogen) atoms. The fraction of sp³-hybridized carbons (Fsp3) is 0.667. The van der Waals surface area contributed by atoms with Crippen molar-refractivity contribution in [2.75, 3.05) is 19.6 Å². The summed E-state index contributed by atoms with van der Waals surface area (Å²) in [5.41, 5.74) is -0.170. The fourth-order valence-electron chi connectivity index (χ4n) is 3.53. The molecule has 6 heteroatoms. The van der Waals surface area contributed by atoms with E-state index in [4.69, 9.17) is 4.52 Å². The van der Waals surface area contributed by atoms with E-state index in [1.807, 2.05) is 18.7 Å². The lowest BCUT2D eigenvalue weighted by atomic mass is 9.94. The zero-order valence-corrected chi connectivity index (χ0v) is 12.5. The summed E-state index contributed by atoms with van der Waals surface area (Å²) in [6.07, 6.45) is 4.32. The van der Waals surface area contributed by atoms with Gasteiger partial charge in [-0.1, -0.05) is 19.0 Å². The van der Waals surface area contributed by atoms with Crippen LogP contribution in [0.3, 0.4) is 0 Å². The van der Waals surface area contributed by atoms with Crippen LogP contribution in [0.2, 0.25) is 0 Å². The van der Waals surface area contributed by atoms with Gasteiger partial charge in [0.2, 0.25) is 11.7 Å². The molecular weight excluding hydrogens is 270 g/mol. The Morgan fingerprint density at radius 1 is 1.33 bits per heavy atom. The van der Waals surface area contributed by atoms with Gasteiger partial charge in [0.1, 0.15) is 0 Å². The van der Waals surface area contributed by atoms with Gasteiger partial charge in [0, 0.05) is 31.6 Å². The van der Waals surface area contributed by atoms with Gasteiger partial charge in [-0.2, -0.15) is 0 Å². The quantitative estimate of drug-likeness (QED) is 0.829. The summed E-state index contributed by atoms with van der Waals surface area (Å²) in [6.45, 7) is 5.94. The fourth-order valence-corrected chi connectivity index (χ4v) is 3.53. The van der Waals surface area contributed by atoms with E-state index in [1.54, 1.807) is 11.0 Å². The molecule has 3 rings (SSSR count). The van der Waals surface area contributed by atoms with Gasteiger partial charge in [0.15, 0.2) is 0 Å². The van der Waals surface area contributed by atoms with Crippen molar-refractivity contribution in [2.45, 2.75) is 38.6 Å². The topological polar surface area (TPSA) is 66.7 Å². The molecule has 0 bridgehead atoms. The van der Waals surface area contributed by atoms with Crippen molar-refractivity contribution < 1.29 is 14.1 Å². The molecule has 3 heterocycles. The number of hydrogen-bond donors (Lipinski definition) is 0. The molecule has 114 valence electrons. The van der Waals surface area contributed by atoms with Crippen molar-refractivity contribution >= 4 is 11.8 Å². The molecule has 2 aliphatic heterocycles. The van der Waals surface area contributed by atoms with Gasteiger partial charge in [0.25, 0.3) is 5.91 Å². The van der Waals surface area contributed by atoms with Gasteiger partial charge >= 0.3 is 0 Å².